The molecule has 0 radical (unpaired) electrons. The van der Waals surface area contributed by atoms with Crippen LogP contribution in [0, 0.1) is 5.82 Å². The molecule has 0 aliphatic rings. The van der Waals surface area contributed by atoms with Gasteiger partial charge in [-0.3, -0.25) is 4.79 Å². The van der Waals surface area contributed by atoms with Crippen LogP contribution in [0.4, 0.5) is 10.1 Å². The summed E-state index contributed by atoms with van der Waals surface area (Å²) in [7, 11) is 0. The largest absolute Gasteiger partial charge is 0.319 e. The second-order valence-electron chi connectivity index (χ2n) is 3.31. The minimum Gasteiger partial charge on any atom is -0.319 e. The lowest BCUT2D eigenvalue weighted by atomic mass is 10.3. The number of para-hydroxylation sites is 1. The third-order valence-electron chi connectivity index (χ3n) is 1.63. The van der Waals surface area contributed by atoms with Crippen molar-refractivity contribution in [3.63, 3.8) is 0 Å². The fraction of sp³-hybridized carbons (Fsp3) is 0.182. The molecular weight excluding hydrogens is 217 g/mol. The number of allylic oxidation sites excluding steroid dienone is 1. The Morgan fingerprint density at radius 2 is 2.13 bits per heavy atom. The molecule has 0 aromatic heterocycles. The SMILES string of the molecule is CC(C)=CC(=O)Nc1c(F)cccc1Cl. The highest BCUT2D eigenvalue weighted by molar-refractivity contribution is 6.33. The second kappa shape index (κ2) is 4.94. The average Bonchev–Trinajstić information content (AvgIpc) is 2.10. The number of anilines is 1. The van der Waals surface area contributed by atoms with E-state index in [-0.39, 0.29) is 16.6 Å². The Kier molecular flexibility index (Phi) is 3.86. The molecule has 1 aromatic carbocycles. The van der Waals surface area contributed by atoms with E-state index >= 15 is 0 Å². The Hall–Kier alpha value is -1.35. The van der Waals surface area contributed by atoms with Crippen LogP contribution in [0.5, 0.6) is 0 Å². The summed E-state index contributed by atoms with van der Waals surface area (Å²) in [6, 6.07) is 4.24. The van der Waals surface area contributed by atoms with Crippen LogP contribution >= 0.6 is 11.6 Å². The molecule has 0 heterocycles. The number of rotatable bonds is 2. The van der Waals surface area contributed by atoms with E-state index in [9.17, 15) is 9.18 Å². The first kappa shape index (κ1) is 11.7. The van der Waals surface area contributed by atoms with E-state index in [1.165, 1.54) is 24.3 Å². The van der Waals surface area contributed by atoms with E-state index < -0.39 is 5.82 Å². The number of amides is 1. The topological polar surface area (TPSA) is 29.1 Å². The number of halogens is 2. The smallest absolute Gasteiger partial charge is 0.248 e. The second-order valence-corrected chi connectivity index (χ2v) is 3.71. The van der Waals surface area contributed by atoms with Gasteiger partial charge in [0, 0.05) is 6.08 Å². The van der Waals surface area contributed by atoms with Crippen molar-refractivity contribution in [3.05, 3.63) is 40.7 Å². The van der Waals surface area contributed by atoms with Gasteiger partial charge in [-0.1, -0.05) is 23.2 Å². The zero-order valence-corrected chi connectivity index (χ0v) is 9.23. The summed E-state index contributed by atoms with van der Waals surface area (Å²) in [6.45, 7) is 3.56. The molecule has 0 fully saturated rings. The van der Waals surface area contributed by atoms with E-state index in [0.29, 0.717) is 0 Å². The molecule has 0 saturated heterocycles. The Balaban J connectivity index is 2.90. The van der Waals surface area contributed by atoms with E-state index in [1.54, 1.807) is 13.8 Å². The minimum atomic E-state index is -0.544. The van der Waals surface area contributed by atoms with E-state index in [2.05, 4.69) is 5.32 Å². The molecule has 0 aliphatic heterocycles. The molecule has 0 atom stereocenters. The van der Waals surface area contributed by atoms with Gasteiger partial charge in [0.1, 0.15) is 5.82 Å². The Morgan fingerprint density at radius 1 is 1.47 bits per heavy atom. The predicted octanol–water partition coefficient (Wildman–Crippen LogP) is 3.38. The monoisotopic (exact) mass is 227 g/mol. The molecule has 0 unspecified atom stereocenters. The maximum absolute atomic E-state index is 13.2. The fourth-order valence-electron chi connectivity index (χ4n) is 1.04. The Labute approximate surface area is 92.7 Å². The summed E-state index contributed by atoms with van der Waals surface area (Å²) in [6.07, 6.45) is 1.38. The van der Waals surface area contributed by atoms with Gasteiger partial charge in [-0.25, -0.2) is 4.39 Å². The molecule has 1 N–H and O–H groups in total. The van der Waals surface area contributed by atoms with Gasteiger partial charge in [-0.2, -0.15) is 0 Å². The lowest BCUT2D eigenvalue weighted by Crippen LogP contribution is -2.10. The average molecular weight is 228 g/mol. The first-order valence-electron chi connectivity index (χ1n) is 4.40. The van der Waals surface area contributed by atoms with Crippen molar-refractivity contribution in [2.75, 3.05) is 5.32 Å². The van der Waals surface area contributed by atoms with Gasteiger partial charge < -0.3 is 5.32 Å². The third-order valence-corrected chi connectivity index (χ3v) is 1.95. The van der Waals surface area contributed by atoms with Crippen LogP contribution in [0.2, 0.25) is 5.02 Å². The van der Waals surface area contributed by atoms with Crippen molar-refractivity contribution in [1.82, 2.24) is 0 Å². The van der Waals surface area contributed by atoms with Crippen LogP contribution in [0.15, 0.2) is 29.8 Å². The van der Waals surface area contributed by atoms with Crippen LogP contribution < -0.4 is 5.32 Å². The molecule has 2 nitrogen and oxygen atoms in total. The highest BCUT2D eigenvalue weighted by Crippen LogP contribution is 2.24. The number of carbonyl (C=O) groups excluding carboxylic acids is 1. The number of carbonyl (C=O) groups is 1. The zero-order valence-electron chi connectivity index (χ0n) is 8.47. The molecule has 1 amide bonds. The maximum atomic E-state index is 13.2. The van der Waals surface area contributed by atoms with E-state index in [0.717, 1.165) is 5.57 Å². The molecular formula is C11H11ClFNO. The maximum Gasteiger partial charge on any atom is 0.248 e. The summed E-state index contributed by atoms with van der Waals surface area (Å²) in [5, 5.41) is 2.57. The van der Waals surface area contributed by atoms with Gasteiger partial charge in [0.05, 0.1) is 10.7 Å². The lowest BCUT2D eigenvalue weighted by molar-refractivity contribution is -0.112. The van der Waals surface area contributed by atoms with E-state index in [4.69, 9.17) is 11.6 Å². The summed E-state index contributed by atoms with van der Waals surface area (Å²) >= 11 is 5.73. The quantitative estimate of drug-likeness (QED) is 0.771. The van der Waals surface area contributed by atoms with Gasteiger partial charge in [0.2, 0.25) is 5.91 Å². The molecule has 4 heteroatoms. The molecule has 80 valence electrons. The van der Waals surface area contributed by atoms with Crippen molar-refractivity contribution in [3.8, 4) is 0 Å². The summed E-state index contributed by atoms with van der Waals surface area (Å²) < 4.78 is 13.2. The first-order chi connectivity index (χ1) is 7.00. The predicted molar refractivity (Wildman–Crippen MR) is 59.5 cm³/mol. The van der Waals surface area contributed by atoms with Crippen molar-refractivity contribution in [1.29, 1.82) is 0 Å². The minimum absolute atomic E-state index is 0.0154. The van der Waals surface area contributed by atoms with Gasteiger partial charge in [-0.05, 0) is 26.0 Å². The number of nitrogens with one attached hydrogen (secondary N) is 1. The molecule has 15 heavy (non-hydrogen) atoms. The Morgan fingerprint density at radius 3 is 2.67 bits per heavy atom. The Bertz CT molecular complexity index is 391. The van der Waals surface area contributed by atoms with Crippen molar-refractivity contribution in [2.45, 2.75) is 13.8 Å². The van der Waals surface area contributed by atoms with Crippen LogP contribution in [-0.4, -0.2) is 5.91 Å². The first-order valence-corrected chi connectivity index (χ1v) is 4.78. The highest BCUT2D eigenvalue weighted by Gasteiger charge is 2.08. The highest BCUT2D eigenvalue weighted by atomic mass is 35.5. The molecule has 0 bridgehead atoms. The number of benzene rings is 1. The van der Waals surface area contributed by atoms with Crippen molar-refractivity contribution < 1.29 is 9.18 Å². The van der Waals surface area contributed by atoms with Crippen LogP contribution in [0.3, 0.4) is 0 Å². The van der Waals surface area contributed by atoms with E-state index in [1.807, 2.05) is 0 Å². The summed E-state index contributed by atoms with van der Waals surface area (Å²) in [5.41, 5.74) is 0.849. The summed E-state index contributed by atoms with van der Waals surface area (Å²) in [5.74, 6) is -0.931. The molecule has 1 rings (SSSR count). The number of hydrogen-bond donors (Lipinski definition) is 1. The van der Waals surface area contributed by atoms with Crippen LogP contribution in [-0.2, 0) is 4.79 Å². The lowest BCUT2D eigenvalue weighted by Gasteiger charge is -2.05. The molecule has 0 spiro atoms. The van der Waals surface area contributed by atoms with Crippen LogP contribution in [0.1, 0.15) is 13.8 Å². The van der Waals surface area contributed by atoms with Crippen molar-refractivity contribution >= 4 is 23.2 Å². The zero-order chi connectivity index (χ0) is 11.4. The van der Waals surface area contributed by atoms with Gasteiger partial charge in [-0.15, -0.1) is 0 Å². The number of hydrogen-bond acceptors (Lipinski definition) is 1. The molecule has 0 saturated carbocycles. The van der Waals surface area contributed by atoms with Crippen molar-refractivity contribution in [2.24, 2.45) is 0 Å². The van der Waals surface area contributed by atoms with Gasteiger partial charge in [0.15, 0.2) is 0 Å². The van der Waals surface area contributed by atoms with Crippen LogP contribution in [0.25, 0.3) is 0 Å². The summed E-state index contributed by atoms with van der Waals surface area (Å²) in [4.78, 5) is 11.3. The molecule has 1 aromatic rings. The molecule has 0 aliphatic carbocycles. The third kappa shape index (κ3) is 3.36. The van der Waals surface area contributed by atoms with Gasteiger partial charge >= 0.3 is 0 Å². The normalized spacial score (nSPS) is 9.60. The standard InChI is InChI=1S/C11H11ClFNO/c1-7(2)6-10(15)14-11-8(12)4-3-5-9(11)13/h3-6H,1-2H3,(H,14,15). The fourth-order valence-corrected chi connectivity index (χ4v) is 1.25. The van der Waals surface area contributed by atoms with Gasteiger partial charge in [0.25, 0.3) is 0 Å².